The molecule has 0 bridgehead atoms. The lowest BCUT2D eigenvalue weighted by Gasteiger charge is -2.42. The summed E-state index contributed by atoms with van der Waals surface area (Å²) in [6, 6.07) is 15.3. The van der Waals surface area contributed by atoms with Crippen LogP contribution in [-0.2, 0) is 57.1 Å². The Morgan fingerprint density at radius 1 is 0.603 bits per heavy atom. The van der Waals surface area contributed by atoms with Gasteiger partial charge in [0.15, 0.2) is 0 Å². The Morgan fingerprint density at radius 2 is 0.949 bits per heavy atom. The van der Waals surface area contributed by atoms with Crippen LogP contribution in [0.15, 0.2) is 84.0 Å². The van der Waals surface area contributed by atoms with Crippen molar-refractivity contribution in [3.63, 3.8) is 0 Å². The molecule has 0 radical (unpaired) electrons. The van der Waals surface area contributed by atoms with E-state index in [9.17, 15) is 9.59 Å². The highest BCUT2D eigenvalue weighted by molar-refractivity contribution is 6.27. The lowest BCUT2D eigenvalue weighted by molar-refractivity contribution is -0.167. The molecule has 0 aromatic heterocycles. The Bertz CT molecular complexity index is 2280. The first-order valence-electron chi connectivity index (χ1n) is 26.9. The molecule has 2 N–H and O–H groups in total. The highest BCUT2D eigenvalue weighted by Gasteiger charge is 2.73. The van der Waals surface area contributed by atoms with Crippen LogP contribution in [0.3, 0.4) is 0 Å². The van der Waals surface area contributed by atoms with Crippen LogP contribution >= 0.6 is 0 Å². The zero-order valence-electron chi connectivity index (χ0n) is 47.7. The minimum Gasteiger partial charge on any atom is -0.492 e. The van der Waals surface area contributed by atoms with Crippen LogP contribution in [0.1, 0.15) is 91.2 Å². The number of carbonyl (C=O) groups is 4. The predicted molar refractivity (Wildman–Crippen MR) is 293 cm³/mol. The summed E-state index contributed by atoms with van der Waals surface area (Å²) >= 11 is 0. The molecule has 8 rings (SSSR count). The summed E-state index contributed by atoms with van der Waals surface area (Å²) in [4.78, 5) is 47.8. The molecule has 430 valence electrons. The number of carbonyl (C=O) groups excluding carboxylic acids is 2. The predicted octanol–water partition coefficient (Wildman–Crippen LogP) is 7.68. The standard InChI is InChI=1S/2C29H41NO6.C2H2O4/c2*1-20(2)7-13-24-28(3,36-24)27-26(32-6)23(15-16-29(27)19-34-29)35-25(31)14-10-21-8-11-22(12-9-21)33-18-17-30(4)5;3-1(4)2(5)6/h2*7-12,14,23-24,26-27H,13,15-19H2,1-6H3;(H,3,4)(H,5,6)/b2*14-10-;/t2*23-,24?,26-,27-,28?,29+;/m11./s1. The first-order valence-corrected chi connectivity index (χ1v) is 26.9. The lowest BCUT2D eigenvalue weighted by atomic mass is 9.68. The van der Waals surface area contributed by atoms with Gasteiger partial charge >= 0.3 is 23.9 Å². The first-order chi connectivity index (χ1) is 37.0. The monoisotopic (exact) mass is 1090 g/mol. The maximum Gasteiger partial charge on any atom is 0.414 e. The Morgan fingerprint density at radius 3 is 1.23 bits per heavy atom. The van der Waals surface area contributed by atoms with E-state index < -0.39 is 11.9 Å². The lowest BCUT2D eigenvalue weighted by Crippen LogP contribution is -2.55. The van der Waals surface area contributed by atoms with Crippen molar-refractivity contribution in [2.45, 2.75) is 139 Å². The number of hydrogen-bond donors (Lipinski definition) is 2. The number of epoxide rings is 4. The van der Waals surface area contributed by atoms with E-state index in [0.717, 1.165) is 61.4 Å². The molecule has 2 aromatic carbocycles. The molecular weight excluding hydrogens is 1000 g/mol. The summed E-state index contributed by atoms with van der Waals surface area (Å²) in [6.07, 6.45) is 14.8. The molecule has 4 aliphatic heterocycles. The van der Waals surface area contributed by atoms with Gasteiger partial charge in [0.25, 0.3) is 0 Å². The van der Waals surface area contributed by atoms with Gasteiger partial charge in [0, 0.05) is 39.5 Å². The Labute approximate surface area is 460 Å². The number of benzene rings is 2. The van der Waals surface area contributed by atoms with Gasteiger partial charge in [0.05, 0.1) is 37.3 Å². The number of carboxylic acid groups (broad SMARTS) is 2. The SMILES string of the molecule is CO[C@H]1[C@H](C2(C)OC2CC=C(C)C)[C@]2(CC[C@H]1OC(=O)/C=C\c1ccc(OCCN(C)C)cc1)CO2.CO[C@H]1[C@H](C2(C)OC2CC=C(C)C)[C@]2(CC[C@H]1OC(=O)/C=C\c1ccc(OCCN(C)C)cc1)CO2.O=C(O)C(=O)O. The molecule has 6 aliphatic rings. The van der Waals surface area contributed by atoms with E-state index >= 15 is 0 Å². The van der Waals surface area contributed by atoms with Crippen molar-refractivity contribution in [3.8, 4) is 11.5 Å². The molecule has 2 saturated carbocycles. The van der Waals surface area contributed by atoms with Gasteiger partial charge in [-0.05, 0) is 156 Å². The molecule has 4 unspecified atom stereocenters. The third kappa shape index (κ3) is 16.8. The van der Waals surface area contributed by atoms with E-state index in [1.54, 1.807) is 26.4 Å². The Kier molecular flexibility index (Phi) is 21.5. The van der Waals surface area contributed by atoms with Gasteiger partial charge in [-0.25, -0.2) is 19.2 Å². The molecule has 2 spiro atoms. The van der Waals surface area contributed by atoms with Crippen LogP contribution in [0, 0.1) is 11.8 Å². The fourth-order valence-corrected chi connectivity index (χ4v) is 10.9. The van der Waals surface area contributed by atoms with Gasteiger partial charge in [0.1, 0.15) is 71.5 Å². The highest BCUT2D eigenvalue weighted by Crippen LogP contribution is 2.61. The smallest absolute Gasteiger partial charge is 0.414 e. The molecule has 0 amide bonds. The van der Waals surface area contributed by atoms with Gasteiger partial charge in [-0.2, -0.15) is 0 Å². The second kappa shape index (κ2) is 27.1. The van der Waals surface area contributed by atoms with Crippen molar-refractivity contribution in [1.29, 1.82) is 0 Å². The van der Waals surface area contributed by atoms with Crippen molar-refractivity contribution in [2.75, 3.05) is 81.9 Å². The van der Waals surface area contributed by atoms with Crippen LogP contribution in [0.25, 0.3) is 12.2 Å². The minimum absolute atomic E-state index is 0.0149. The first kappa shape index (κ1) is 61.8. The maximum absolute atomic E-state index is 12.7. The minimum atomic E-state index is -1.82. The van der Waals surface area contributed by atoms with Crippen LogP contribution in [0.2, 0.25) is 0 Å². The molecule has 12 atom stereocenters. The zero-order chi connectivity index (χ0) is 57.0. The molecule has 18 heteroatoms. The molecule has 4 saturated heterocycles. The Balaban J connectivity index is 0.000000228. The number of carboxylic acids is 2. The third-order valence-electron chi connectivity index (χ3n) is 15.4. The van der Waals surface area contributed by atoms with Crippen LogP contribution in [0.4, 0.5) is 0 Å². The largest absolute Gasteiger partial charge is 0.492 e. The van der Waals surface area contributed by atoms with E-state index in [0.29, 0.717) is 39.3 Å². The average molecular weight is 1090 g/mol. The van der Waals surface area contributed by atoms with Crippen molar-refractivity contribution in [1.82, 2.24) is 9.80 Å². The summed E-state index contributed by atoms with van der Waals surface area (Å²) in [7, 11) is 11.4. The number of aliphatic carboxylic acids is 2. The average Bonchev–Trinajstić information content (AvgIpc) is 4.36. The van der Waals surface area contributed by atoms with Crippen molar-refractivity contribution >= 4 is 36.0 Å². The number of nitrogens with zero attached hydrogens (tertiary/aromatic N) is 2. The summed E-state index contributed by atoms with van der Waals surface area (Å²) in [5.41, 5.74) is 3.21. The van der Waals surface area contributed by atoms with Crippen molar-refractivity contribution in [3.05, 3.63) is 95.1 Å². The van der Waals surface area contributed by atoms with Crippen LogP contribution in [0.5, 0.6) is 11.5 Å². The van der Waals surface area contributed by atoms with Crippen molar-refractivity contribution < 1.29 is 76.8 Å². The Hall–Kier alpha value is -5.44. The summed E-state index contributed by atoms with van der Waals surface area (Å²) < 4.78 is 59.7. The van der Waals surface area contributed by atoms with E-state index in [1.165, 1.54) is 23.3 Å². The van der Waals surface area contributed by atoms with Gasteiger partial charge in [-0.15, -0.1) is 0 Å². The van der Waals surface area contributed by atoms with Gasteiger partial charge in [0.2, 0.25) is 0 Å². The van der Waals surface area contributed by atoms with Crippen LogP contribution < -0.4 is 9.47 Å². The van der Waals surface area contributed by atoms with E-state index in [2.05, 4.69) is 63.5 Å². The fourth-order valence-electron chi connectivity index (χ4n) is 10.9. The quantitative estimate of drug-likeness (QED) is 0.0380. The maximum atomic E-state index is 12.7. The molecule has 4 heterocycles. The van der Waals surface area contributed by atoms with Crippen LogP contribution in [-0.4, -0.2) is 185 Å². The summed E-state index contributed by atoms with van der Waals surface area (Å²) in [5, 5.41) is 14.8. The molecular formula is C60H84N2O16. The van der Waals surface area contributed by atoms with Gasteiger partial charge < -0.3 is 67.4 Å². The van der Waals surface area contributed by atoms with E-state index in [-0.39, 0.29) is 82.8 Å². The second-order valence-corrected chi connectivity index (χ2v) is 22.4. The molecule has 78 heavy (non-hydrogen) atoms. The second-order valence-electron chi connectivity index (χ2n) is 22.4. The number of likely N-dealkylation sites (N-methyl/N-ethyl adjacent to an activating group) is 2. The summed E-state index contributed by atoms with van der Waals surface area (Å²) in [5.74, 6) is -2.75. The number of methoxy groups -OCH3 is 2. The number of rotatable bonds is 22. The van der Waals surface area contributed by atoms with E-state index in [4.69, 9.17) is 67.2 Å². The highest BCUT2D eigenvalue weighted by atomic mass is 16.6. The molecule has 2 aromatic rings. The number of hydrogen-bond acceptors (Lipinski definition) is 16. The third-order valence-corrected chi connectivity index (χ3v) is 15.4. The molecule has 6 fully saturated rings. The topological polar surface area (TPSA) is 221 Å². The molecule has 2 aliphatic carbocycles. The normalized spacial score (nSPS) is 31.1. The van der Waals surface area contributed by atoms with Crippen molar-refractivity contribution in [2.24, 2.45) is 11.8 Å². The number of ether oxygens (including phenoxy) is 10. The van der Waals surface area contributed by atoms with E-state index in [1.807, 2.05) is 76.7 Å². The number of esters is 2. The fraction of sp³-hybridized carbons (Fsp3) is 0.600. The number of allylic oxidation sites excluding steroid dienone is 2. The molecule has 18 nitrogen and oxygen atoms in total. The summed E-state index contributed by atoms with van der Waals surface area (Å²) in [6.45, 7) is 17.1. The van der Waals surface area contributed by atoms with Gasteiger partial charge in [-0.3, -0.25) is 0 Å². The van der Waals surface area contributed by atoms with Gasteiger partial charge in [-0.1, -0.05) is 47.6 Å². The zero-order valence-corrected chi connectivity index (χ0v) is 47.7.